The Kier molecular flexibility index (Phi) is 5.11. The van der Waals surface area contributed by atoms with E-state index in [1.54, 1.807) is 11.3 Å². The molecule has 0 radical (unpaired) electrons. The van der Waals surface area contributed by atoms with Crippen LogP contribution >= 0.6 is 11.3 Å². The highest BCUT2D eigenvalue weighted by Gasteiger charge is 2.11. The number of nitrogens with zero attached hydrogens (tertiary/aromatic N) is 1. The Labute approximate surface area is 89.2 Å². The molecule has 14 heavy (non-hydrogen) atoms. The second-order valence-electron chi connectivity index (χ2n) is 3.38. The summed E-state index contributed by atoms with van der Waals surface area (Å²) in [6.07, 6.45) is 1.03. The first-order chi connectivity index (χ1) is 6.77. The van der Waals surface area contributed by atoms with E-state index < -0.39 is 0 Å². The number of thiophene rings is 1. The third-order valence-corrected chi connectivity index (χ3v) is 3.33. The molecule has 0 aromatic carbocycles. The van der Waals surface area contributed by atoms with Gasteiger partial charge in [0.05, 0.1) is 6.61 Å². The summed E-state index contributed by atoms with van der Waals surface area (Å²) in [5, 5.41) is 11.1. The number of hydrogen-bond donors (Lipinski definition) is 2. The van der Waals surface area contributed by atoms with Crippen LogP contribution in [0.1, 0.15) is 4.88 Å². The number of rotatable bonds is 6. The molecule has 0 fully saturated rings. The molecular weight excluding hydrogens is 196 g/mol. The normalized spacial score (nSPS) is 13.4. The summed E-state index contributed by atoms with van der Waals surface area (Å²) in [5.74, 6) is 0. The molecule has 3 N–H and O–H groups in total. The lowest BCUT2D eigenvalue weighted by molar-refractivity contribution is 0.153. The molecule has 1 aromatic rings. The number of hydrogen-bond acceptors (Lipinski definition) is 4. The minimum absolute atomic E-state index is 0.0926. The van der Waals surface area contributed by atoms with Crippen LogP contribution < -0.4 is 5.73 Å². The predicted molar refractivity (Wildman–Crippen MR) is 60.6 cm³/mol. The van der Waals surface area contributed by atoms with Crippen LogP contribution in [0.3, 0.4) is 0 Å². The van der Waals surface area contributed by atoms with Gasteiger partial charge in [-0.05, 0) is 24.9 Å². The quantitative estimate of drug-likeness (QED) is 0.727. The fourth-order valence-corrected chi connectivity index (χ4v) is 2.02. The second kappa shape index (κ2) is 6.14. The van der Waals surface area contributed by atoms with Gasteiger partial charge in [0.15, 0.2) is 0 Å². The Morgan fingerprint density at radius 3 is 2.93 bits per heavy atom. The third-order valence-electron chi connectivity index (χ3n) is 2.40. The van der Waals surface area contributed by atoms with Gasteiger partial charge in [-0.15, -0.1) is 11.3 Å². The van der Waals surface area contributed by atoms with Gasteiger partial charge in [0.25, 0.3) is 0 Å². The molecule has 0 saturated heterocycles. The van der Waals surface area contributed by atoms with E-state index in [4.69, 9.17) is 10.8 Å². The van der Waals surface area contributed by atoms with Gasteiger partial charge in [0, 0.05) is 24.0 Å². The van der Waals surface area contributed by atoms with Crippen molar-refractivity contribution in [2.24, 2.45) is 5.73 Å². The van der Waals surface area contributed by atoms with Crippen LogP contribution in [0, 0.1) is 0 Å². The predicted octanol–water partition coefficient (Wildman–Crippen LogP) is 0.542. The fourth-order valence-electron chi connectivity index (χ4n) is 1.32. The molecule has 1 atom stereocenters. The third kappa shape index (κ3) is 3.38. The van der Waals surface area contributed by atoms with Crippen LogP contribution in [0.4, 0.5) is 0 Å². The lowest BCUT2D eigenvalue weighted by Crippen LogP contribution is -2.41. The lowest BCUT2D eigenvalue weighted by atomic mass is 10.2. The van der Waals surface area contributed by atoms with Crippen molar-refractivity contribution < 1.29 is 5.11 Å². The van der Waals surface area contributed by atoms with Crippen molar-refractivity contribution in [1.82, 2.24) is 4.90 Å². The van der Waals surface area contributed by atoms with E-state index in [-0.39, 0.29) is 12.6 Å². The summed E-state index contributed by atoms with van der Waals surface area (Å²) in [5.41, 5.74) is 5.53. The van der Waals surface area contributed by atoms with Gasteiger partial charge in [-0.1, -0.05) is 6.07 Å². The highest BCUT2D eigenvalue weighted by molar-refractivity contribution is 7.09. The van der Waals surface area contributed by atoms with E-state index in [1.165, 1.54) is 4.88 Å². The maximum Gasteiger partial charge on any atom is 0.0599 e. The summed E-state index contributed by atoms with van der Waals surface area (Å²) >= 11 is 1.77. The summed E-state index contributed by atoms with van der Waals surface area (Å²) in [6.45, 7) is 1.60. The number of likely N-dealkylation sites (N-methyl/N-ethyl adjacent to an activating group) is 1. The zero-order valence-electron chi connectivity index (χ0n) is 8.52. The van der Waals surface area contributed by atoms with Crippen molar-refractivity contribution in [1.29, 1.82) is 0 Å². The minimum atomic E-state index is 0.0926. The molecule has 4 heteroatoms. The maximum atomic E-state index is 9.03. The van der Waals surface area contributed by atoms with E-state index in [0.717, 1.165) is 13.0 Å². The molecule has 0 aliphatic rings. The molecule has 80 valence electrons. The zero-order valence-corrected chi connectivity index (χ0v) is 9.33. The second-order valence-corrected chi connectivity index (χ2v) is 4.41. The van der Waals surface area contributed by atoms with Crippen LogP contribution in [0.25, 0.3) is 0 Å². The topological polar surface area (TPSA) is 49.5 Å². The molecule has 1 aromatic heterocycles. The van der Waals surface area contributed by atoms with Crippen LogP contribution in [0.2, 0.25) is 0 Å². The fraction of sp³-hybridized carbons (Fsp3) is 0.600. The zero-order chi connectivity index (χ0) is 10.4. The van der Waals surface area contributed by atoms with Gasteiger partial charge in [-0.3, -0.25) is 4.90 Å². The number of aliphatic hydroxyl groups is 1. The van der Waals surface area contributed by atoms with E-state index in [1.807, 2.05) is 7.05 Å². The molecular formula is C10H18N2OS. The molecule has 0 spiro atoms. The standard InChI is InChI=1S/C10H18N2OS/c1-12(9(7-11)8-13)5-4-10-3-2-6-14-10/h2-3,6,9,13H,4-5,7-8,11H2,1H3. The molecule has 1 heterocycles. The van der Waals surface area contributed by atoms with Crippen molar-refractivity contribution in [3.05, 3.63) is 22.4 Å². The van der Waals surface area contributed by atoms with Crippen molar-refractivity contribution in [2.75, 3.05) is 26.7 Å². The lowest BCUT2D eigenvalue weighted by Gasteiger charge is -2.24. The van der Waals surface area contributed by atoms with Crippen molar-refractivity contribution in [2.45, 2.75) is 12.5 Å². The largest absolute Gasteiger partial charge is 0.395 e. The Morgan fingerprint density at radius 2 is 2.43 bits per heavy atom. The summed E-state index contributed by atoms with van der Waals surface area (Å²) in [4.78, 5) is 3.49. The van der Waals surface area contributed by atoms with Crippen molar-refractivity contribution in [3.63, 3.8) is 0 Å². The van der Waals surface area contributed by atoms with Gasteiger partial charge in [-0.2, -0.15) is 0 Å². The van der Waals surface area contributed by atoms with Gasteiger partial charge in [0.1, 0.15) is 0 Å². The van der Waals surface area contributed by atoms with Crippen LogP contribution in [0.5, 0.6) is 0 Å². The summed E-state index contributed by atoms with van der Waals surface area (Å²) < 4.78 is 0. The van der Waals surface area contributed by atoms with E-state index in [2.05, 4.69) is 22.4 Å². The summed E-state index contributed by atoms with van der Waals surface area (Å²) in [7, 11) is 2.00. The summed E-state index contributed by atoms with van der Waals surface area (Å²) in [6, 6.07) is 4.29. The molecule has 0 amide bonds. The van der Waals surface area contributed by atoms with E-state index in [9.17, 15) is 0 Å². The first kappa shape index (κ1) is 11.7. The molecule has 3 nitrogen and oxygen atoms in total. The Morgan fingerprint density at radius 1 is 1.64 bits per heavy atom. The Hall–Kier alpha value is -0.420. The average molecular weight is 214 g/mol. The van der Waals surface area contributed by atoms with Gasteiger partial charge in [-0.25, -0.2) is 0 Å². The van der Waals surface area contributed by atoms with Crippen molar-refractivity contribution >= 4 is 11.3 Å². The molecule has 0 aliphatic carbocycles. The first-order valence-electron chi connectivity index (χ1n) is 4.81. The smallest absolute Gasteiger partial charge is 0.0599 e. The van der Waals surface area contributed by atoms with E-state index >= 15 is 0 Å². The molecule has 0 saturated carbocycles. The Bertz CT molecular complexity index is 234. The average Bonchev–Trinajstić information content (AvgIpc) is 2.69. The van der Waals surface area contributed by atoms with Crippen LogP contribution in [0.15, 0.2) is 17.5 Å². The minimum Gasteiger partial charge on any atom is -0.395 e. The SMILES string of the molecule is CN(CCc1cccs1)C(CN)CO. The molecule has 0 bridgehead atoms. The number of nitrogens with two attached hydrogens (primary N) is 1. The van der Waals surface area contributed by atoms with Crippen molar-refractivity contribution in [3.8, 4) is 0 Å². The molecule has 0 aliphatic heterocycles. The monoisotopic (exact) mass is 214 g/mol. The highest BCUT2D eigenvalue weighted by Crippen LogP contribution is 2.09. The number of aliphatic hydroxyl groups excluding tert-OH is 1. The molecule has 1 rings (SSSR count). The maximum absolute atomic E-state index is 9.03. The van der Waals surface area contributed by atoms with Crippen LogP contribution in [-0.4, -0.2) is 42.8 Å². The Balaban J connectivity index is 2.30. The van der Waals surface area contributed by atoms with Crippen LogP contribution in [-0.2, 0) is 6.42 Å². The first-order valence-corrected chi connectivity index (χ1v) is 5.69. The van der Waals surface area contributed by atoms with Gasteiger partial charge in [0.2, 0.25) is 0 Å². The molecule has 1 unspecified atom stereocenters. The highest BCUT2D eigenvalue weighted by atomic mass is 32.1. The van der Waals surface area contributed by atoms with Gasteiger partial charge >= 0.3 is 0 Å². The van der Waals surface area contributed by atoms with E-state index in [0.29, 0.717) is 6.54 Å². The van der Waals surface area contributed by atoms with Gasteiger partial charge < -0.3 is 10.8 Å².